The van der Waals surface area contributed by atoms with E-state index >= 15 is 0 Å². The molecule has 0 aromatic heterocycles. The van der Waals surface area contributed by atoms with E-state index in [0.717, 1.165) is 57.1 Å². The standard InChI is InChI=1S/C23H20ClF3.C15H11Cl2F3.C8H11BO2.2CO2.2CH4/c1-4-16-12-18(23(25,26)27)7-9-20(16)21-13-17(6-10-22(21)24)19-8-5-14(2)11-15(19)3;1-2-9-7-10(15(18,19)20)3-5-12(9)13-8-11(16)4-6-14(13)17;1-6-3-4-8(9(10)11)7(2)5-6;2*2-1-3;;/h5-13H,4H2,1-3H3;3-8H,2H2,1H3;3-5,10-11H,1-2H3;;;2*1H4. The monoisotopic (exact) mass is 976 g/mol. The molecule has 352 valence electrons. The molecule has 66 heavy (non-hydrogen) atoms. The third kappa shape index (κ3) is 17.7. The second-order valence-electron chi connectivity index (χ2n) is 14.0. The molecule has 0 spiro atoms. The van der Waals surface area contributed by atoms with Gasteiger partial charge in [0.15, 0.2) is 0 Å². The molecule has 6 nitrogen and oxygen atoms in total. The molecule has 0 amide bonds. The molecule has 6 aromatic rings. The van der Waals surface area contributed by atoms with E-state index in [-0.39, 0.29) is 27.2 Å². The van der Waals surface area contributed by atoms with Crippen LogP contribution in [0.3, 0.4) is 0 Å². The van der Waals surface area contributed by atoms with Gasteiger partial charge in [0.1, 0.15) is 0 Å². The minimum Gasteiger partial charge on any atom is -0.423 e. The third-order valence-electron chi connectivity index (χ3n) is 9.50. The number of hydrogen-bond acceptors (Lipinski definition) is 6. The van der Waals surface area contributed by atoms with E-state index in [0.29, 0.717) is 55.6 Å². The first kappa shape index (κ1) is 60.5. The molecule has 0 aliphatic carbocycles. The zero-order valence-corrected chi connectivity index (χ0v) is 37.6. The van der Waals surface area contributed by atoms with Gasteiger partial charge in [-0.25, -0.2) is 0 Å². The van der Waals surface area contributed by atoms with Crippen LogP contribution in [-0.2, 0) is 44.4 Å². The minimum atomic E-state index is -4.35. The number of rotatable bonds is 6. The Morgan fingerprint density at radius 3 is 1.29 bits per heavy atom. The molecule has 6 rings (SSSR count). The van der Waals surface area contributed by atoms with Crippen molar-refractivity contribution in [2.24, 2.45) is 0 Å². The van der Waals surface area contributed by atoms with Gasteiger partial charge < -0.3 is 10.0 Å². The quantitative estimate of drug-likeness (QED) is 0.127. The van der Waals surface area contributed by atoms with Gasteiger partial charge in [-0.15, -0.1) is 0 Å². The number of benzene rings is 6. The molecule has 0 fully saturated rings. The molecule has 0 heterocycles. The summed E-state index contributed by atoms with van der Waals surface area (Å²) in [6.45, 7) is 11.6. The Hall–Kier alpha value is -5.49. The highest BCUT2D eigenvalue weighted by Crippen LogP contribution is 2.39. The van der Waals surface area contributed by atoms with Gasteiger partial charge in [0.25, 0.3) is 0 Å². The molecular formula is C50H50BCl3F6O6. The lowest BCUT2D eigenvalue weighted by atomic mass is 9.77. The number of halogens is 9. The van der Waals surface area contributed by atoms with Crippen LogP contribution in [0.4, 0.5) is 26.3 Å². The first-order valence-electron chi connectivity index (χ1n) is 19.1. The van der Waals surface area contributed by atoms with E-state index in [9.17, 15) is 26.3 Å². The molecule has 0 aliphatic rings. The molecule has 0 bridgehead atoms. The smallest absolute Gasteiger partial charge is 0.423 e. The van der Waals surface area contributed by atoms with Crippen molar-refractivity contribution in [1.29, 1.82) is 0 Å². The topological polar surface area (TPSA) is 109 Å². The van der Waals surface area contributed by atoms with E-state index in [4.69, 9.17) is 64.0 Å². The van der Waals surface area contributed by atoms with E-state index in [1.54, 1.807) is 31.2 Å². The van der Waals surface area contributed by atoms with Gasteiger partial charge in [0.2, 0.25) is 0 Å². The van der Waals surface area contributed by atoms with Gasteiger partial charge in [-0.1, -0.05) is 135 Å². The van der Waals surface area contributed by atoms with E-state index in [1.165, 1.54) is 23.8 Å². The zero-order chi connectivity index (χ0) is 48.5. The van der Waals surface area contributed by atoms with E-state index in [1.807, 2.05) is 71.0 Å². The van der Waals surface area contributed by atoms with Crippen LogP contribution in [0.1, 0.15) is 73.2 Å². The summed E-state index contributed by atoms with van der Waals surface area (Å²) in [5.74, 6) is 0. The maximum Gasteiger partial charge on any atom is 0.488 e. The first-order chi connectivity index (χ1) is 30.0. The van der Waals surface area contributed by atoms with Gasteiger partial charge in [-0.2, -0.15) is 45.5 Å². The van der Waals surface area contributed by atoms with E-state index in [2.05, 4.69) is 12.1 Å². The number of carbonyl (C=O) groups excluding carboxylic acids is 4. The van der Waals surface area contributed by atoms with Gasteiger partial charge in [-0.3, -0.25) is 0 Å². The van der Waals surface area contributed by atoms with Crippen molar-refractivity contribution >= 4 is 59.7 Å². The van der Waals surface area contributed by atoms with Crippen molar-refractivity contribution in [3.8, 4) is 33.4 Å². The summed E-state index contributed by atoms with van der Waals surface area (Å²) in [6, 6.07) is 29.9. The lowest BCUT2D eigenvalue weighted by Gasteiger charge is -2.15. The highest BCUT2D eigenvalue weighted by molar-refractivity contribution is 6.59. The summed E-state index contributed by atoms with van der Waals surface area (Å²) < 4.78 is 77.4. The average molecular weight is 978 g/mol. The largest absolute Gasteiger partial charge is 0.488 e. The summed E-state index contributed by atoms with van der Waals surface area (Å²) in [4.78, 5) is 32.5. The normalized spacial score (nSPS) is 10.2. The number of hydrogen-bond donors (Lipinski definition) is 2. The summed E-state index contributed by atoms with van der Waals surface area (Å²) in [7, 11) is -1.35. The van der Waals surface area contributed by atoms with Crippen LogP contribution in [0.2, 0.25) is 15.1 Å². The molecule has 0 saturated carbocycles. The SMILES string of the molecule is C.C.CCc1cc(C(F)(F)F)ccc1-c1cc(-c2ccc(C)cc2C)ccc1Cl.CCc1cc(C(F)(F)F)ccc1-c1cc(Cl)ccc1Cl.Cc1ccc(B(O)O)c(C)c1.O=C=O.O=C=O. The lowest BCUT2D eigenvalue weighted by Crippen LogP contribution is -2.31. The third-order valence-corrected chi connectivity index (χ3v) is 10.4. The van der Waals surface area contributed by atoms with Crippen LogP contribution in [0.25, 0.3) is 33.4 Å². The van der Waals surface area contributed by atoms with Crippen LogP contribution in [0.15, 0.2) is 109 Å². The second kappa shape index (κ2) is 27.9. The molecular weight excluding hydrogens is 928 g/mol. The van der Waals surface area contributed by atoms with Gasteiger partial charge in [-0.05, 0) is 140 Å². The summed E-state index contributed by atoms with van der Waals surface area (Å²) in [5, 5.41) is 19.2. The Bertz CT molecular complexity index is 2570. The molecule has 2 N–H and O–H groups in total. The van der Waals surface area contributed by atoms with Gasteiger partial charge >= 0.3 is 31.8 Å². The van der Waals surface area contributed by atoms with Crippen LogP contribution < -0.4 is 5.46 Å². The second-order valence-corrected chi connectivity index (χ2v) is 15.2. The van der Waals surface area contributed by atoms with Crippen molar-refractivity contribution < 1.29 is 55.6 Å². The molecule has 0 aliphatic heterocycles. The molecule has 0 unspecified atom stereocenters. The van der Waals surface area contributed by atoms with Crippen LogP contribution >= 0.6 is 34.8 Å². The molecule has 0 radical (unpaired) electrons. The van der Waals surface area contributed by atoms with Gasteiger partial charge in [0.05, 0.1) is 11.1 Å². The van der Waals surface area contributed by atoms with Crippen molar-refractivity contribution in [1.82, 2.24) is 0 Å². The lowest BCUT2D eigenvalue weighted by molar-refractivity contribution is -0.193. The molecule has 16 heteroatoms. The zero-order valence-electron chi connectivity index (χ0n) is 35.3. The maximum absolute atomic E-state index is 13.1. The fraction of sp³-hybridized carbons (Fsp3) is 0.240. The number of alkyl halides is 6. The van der Waals surface area contributed by atoms with Crippen LogP contribution in [0, 0.1) is 27.7 Å². The van der Waals surface area contributed by atoms with Crippen molar-refractivity contribution in [3.05, 3.63) is 169 Å². The summed E-state index contributed by atoms with van der Waals surface area (Å²) in [6.07, 6.45) is -7.24. The maximum atomic E-state index is 13.1. The molecule has 0 saturated heterocycles. The fourth-order valence-corrected chi connectivity index (χ4v) is 7.12. The van der Waals surface area contributed by atoms with Crippen molar-refractivity contribution in [2.45, 2.75) is 81.6 Å². The highest BCUT2D eigenvalue weighted by atomic mass is 35.5. The fourth-order valence-electron chi connectivity index (χ4n) is 6.51. The molecule has 6 aromatic carbocycles. The van der Waals surface area contributed by atoms with Crippen LogP contribution in [0.5, 0.6) is 0 Å². The first-order valence-corrected chi connectivity index (χ1v) is 20.3. The summed E-state index contributed by atoms with van der Waals surface area (Å²) in [5.41, 5.74) is 9.77. The predicted molar refractivity (Wildman–Crippen MR) is 252 cm³/mol. The highest BCUT2D eigenvalue weighted by Gasteiger charge is 2.32. The Labute approximate surface area is 397 Å². The average Bonchev–Trinajstić information content (AvgIpc) is 3.22. The Kier molecular flexibility index (Phi) is 25.6. The Balaban J connectivity index is 0.000000951. The van der Waals surface area contributed by atoms with Crippen molar-refractivity contribution in [2.75, 3.05) is 0 Å². The van der Waals surface area contributed by atoms with Crippen molar-refractivity contribution in [3.63, 3.8) is 0 Å². The predicted octanol–water partition coefficient (Wildman–Crippen LogP) is 14.2. The Morgan fingerprint density at radius 2 is 0.894 bits per heavy atom. The Morgan fingerprint density at radius 1 is 0.500 bits per heavy atom. The van der Waals surface area contributed by atoms with Gasteiger partial charge in [0, 0.05) is 26.2 Å². The molecule has 0 atom stereocenters. The van der Waals surface area contributed by atoms with E-state index < -0.39 is 30.6 Å². The van der Waals surface area contributed by atoms with Crippen LogP contribution in [-0.4, -0.2) is 29.5 Å². The minimum absolute atomic E-state index is 0. The summed E-state index contributed by atoms with van der Waals surface area (Å²) >= 11 is 18.5. The number of aryl methyl sites for hydroxylation is 6.